The second kappa shape index (κ2) is 4.04. The Balaban J connectivity index is 1.69. The Morgan fingerprint density at radius 3 is 2.59 bits per heavy atom. The van der Waals surface area contributed by atoms with Crippen LogP contribution in [0.25, 0.3) is 0 Å². The van der Waals surface area contributed by atoms with E-state index < -0.39 is 0 Å². The second-order valence-electron chi connectivity index (χ2n) is 6.47. The summed E-state index contributed by atoms with van der Waals surface area (Å²) in [6, 6.07) is 1.35. The summed E-state index contributed by atoms with van der Waals surface area (Å²) in [5.41, 5.74) is 0.543. The average molecular weight is 233 g/mol. The Morgan fingerprint density at radius 1 is 1.24 bits per heavy atom. The highest BCUT2D eigenvalue weighted by Gasteiger charge is 2.29. The van der Waals surface area contributed by atoms with Crippen LogP contribution in [0.3, 0.4) is 0 Å². The third kappa shape index (κ3) is 2.48. The molecule has 17 heavy (non-hydrogen) atoms. The van der Waals surface area contributed by atoms with Crippen molar-refractivity contribution in [2.75, 3.05) is 5.32 Å². The largest absolute Gasteiger partial charge is 0.353 e. The molecule has 0 radical (unpaired) electrons. The summed E-state index contributed by atoms with van der Waals surface area (Å²) in [6.45, 7) is 4.78. The molecule has 3 nitrogen and oxygen atoms in total. The molecule has 3 heteroatoms. The highest BCUT2D eigenvalue weighted by atomic mass is 15.2. The van der Waals surface area contributed by atoms with E-state index in [1.54, 1.807) is 0 Å². The number of nitrogens with one attached hydrogen (secondary N) is 1. The maximum Gasteiger partial charge on any atom is 0.203 e. The minimum atomic E-state index is 0.543. The van der Waals surface area contributed by atoms with Crippen LogP contribution < -0.4 is 5.32 Å². The monoisotopic (exact) mass is 233 g/mol. The fraction of sp³-hybridized carbons (Fsp3) is 0.786. The zero-order chi connectivity index (χ0) is 11.9. The molecule has 94 valence electrons. The molecule has 0 aromatic carbocycles. The Kier molecular flexibility index (Phi) is 2.64. The van der Waals surface area contributed by atoms with Gasteiger partial charge in [0.05, 0.1) is 0 Å². The molecular weight excluding hydrogens is 210 g/mol. The first-order chi connectivity index (χ1) is 8.14. The van der Waals surface area contributed by atoms with Gasteiger partial charge in [-0.3, -0.25) is 0 Å². The van der Waals surface area contributed by atoms with Crippen molar-refractivity contribution in [3.8, 4) is 0 Å². The molecule has 1 aromatic heterocycles. The predicted octanol–water partition coefficient (Wildman–Crippen LogP) is 3.60. The lowest BCUT2D eigenvalue weighted by Gasteiger charge is -2.35. The molecule has 0 saturated heterocycles. The van der Waals surface area contributed by atoms with Crippen LogP contribution in [0.2, 0.25) is 0 Å². The zero-order valence-corrected chi connectivity index (χ0v) is 10.9. The van der Waals surface area contributed by atoms with Crippen molar-refractivity contribution in [1.82, 2.24) is 9.55 Å². The topological polar surface area (TPSA) is 29.9 Å². The van der Waals surface area contributed by atoms with Gasteiger partial charge in [0.15, 0.2) is 0 Å². The lowest BCUT2D eigenvalue weighted by atomic mass is 9.75. The van der Waals surface area contributed by atoms with Gasteiger partial charge >= 0.3 is 0 Å². The molecule has 1 N–H and O–H groups in total. The molecule has 1 aromatic rings. The quantitative estimate of drug-likeness (QED) is 0.864. The van der Waals surface area contributed by atoms with Crippen molar-refractivity contribution in [3.63, 3.8) is 0 Å². The maximum atomic E-state index is 4.46. The normalized spacial score (nSPS) is 24.8. The number of hydrogen-bond acceptors (Lipinski definition) is 2. The summed E-state index contributed by atoms with van der Waals surface area (Å²) in [7, 11) is 0. The second-order valence-corrected chi connectivity index (χ2v) is 6.47. The first kappa shape index (κ1) is 11.1. The molecule has 0 bridgehead atoms. The molecule has 2 saturated carbocycles. The summed E-state index contributed by atoms with van der Waals surface area (Å²) in [5, 5.41) is 3.53. The molecule has 2 aliphatic carbocycles. The third-order valence-corrected chi connectivity index (χ3v) is 4.28. The molecule has 1 heterocycles. The Hall–Kier alpha value is -0.990. The van der Waals surface area contributed by atoms with E-state index >= 15 is 0 Å². The molecule has 0 unspecified atom stereocenters. The van der Waals surface area contributed by atoms with Crippen LogP contribution in [0, 0.1) is 5.41 Å². The molecule has 2 fully saturated rings. The van der Waals surface area contributed by atoms with Gasteiger partial charge in [-0.2, -0.15) is 0 Å². The summed E-state index contributed by atoms with van der Waals surface area (Å²) in [4.78, 5) is 4.46. The van der Waals surface area contributed by atoms with Crippen LogP contribution in [0.1, 0.15) is 58.4 Å². The van der Waals surface area contributed by atoms with Crippen molar-refractivity contribution in [3.05, 3.63) is 12.4 Å². The number of nitrogens with zero attached hydrogens (tertiary/aromatic N) is 2. The lowest BCUT2D eigenvalue weighted by molar-refractivity contribution is 0.194. The first-order valence-electron chi connectivity index (χ1n) is 6.93. The number of anilines is 1. The van der Waals surface area contributed by atoms with Crippen LogP contribution in [0.15, 0.2) is 12.4 Å². The lowest BCUT2D eigenvalue weighted by Crippen LogP contribution is -2.24. The Bertz CT molecular complexity index is 380. The van der Waals surface area contributed by atoms with Gasteiger partial charge in [-0.15, -0.1) is 0 Å². The highest BCUT2D eigenvalue weighted by Crippen LogP contribution is 2.41. The SMILES string of the molecule is CC1(C)CCC(n2ccnc2NC2CC2)CC1. The molecule has 0 atom stereocenters. The maximum absolute atomic E-state index is 4.46. The highest BCUT2D eigenvalue weighted by molar-refractivity contribution is 5.30. The number of hydrogen-bond donors (Lipinski definition) is 1. The smallest absolute Gasteiger partial charge is 0.203 e. The summed E-state index contributed by atoms with van der Waals surface area (Å²) in [6.07, 6.45) is 12.0. The van der Waals surface area contributed by atoms with Gasteiger partial charge in [-0.1, -0.05) is 13.8 Å². The van der Waals surface area contributed by atoms with Gasteiger partial charge in [0.25, 0.3) is 0 Å². The van der Waals surface area contributed by atoms with Gasteiger partial charge < -0.3 is 9.88 Å². The minimum Gasteiger partial charge on any atom is -0.353 e. The van der Waals surface area contributed by atoms with Gasteiger partial charge in [0.1, 0.15) is 0 Å². The third-order valence-electron chi connectivity index (χ3n) is 4.28. The van der Waals surface area contributed by atoms with Crippen molar-refractivity contribution >= 4 is 5.95 Å². The van der Waals surface area contributed by atoms with E-state index in [0.717, 1.165) is 5.95 Å². The molecular formula is C14H23N3. The fourth-order valence-electron chi connectivity index (χ4n) is 2.79. The standard InChI is InChI=1S/C14H23N3/c1-14(2)7-5-12(6-8-14)17-10-9-15-13(17)16-11-3-4-11/h9-12H,3-8H2,1-2H3,(H,15,16). The van der Waals surface area contributed by atoms with Crippen molar-refractivity contribution in [1.29, 1.82) is 0 Å². The molecule has 0 amide bonds. The van der Waals surface area contributed by atoms with E-state index in [-0.39, 0.29) is 0 Å². The number of imidazole rings is 1. The predicted molar refractivity (Wildman–Crippen MR) is 70.2 cm³/mol. The molecule has 0 spiro atoms. The molecule has 3 rings (SSSR count). The molecule has 2 aliphatic rings. The summed E-state index contributed by atoms with van der Waals surface area (Å²) >= 11 is 0. The van der Waals surface area contributed by atoms with Crippen LogP contribution in [0.5, 0.6) is 0 Å². The minimum absolute atomic E-state index is 0.543. The van der Waals surface area contributed by atoms with Gasteiger partial charge in [0.2, 0.25) is 5.95 Å². The van der Waals surface area contributed by atoms with Gasteiger partial charge in [-0.25, -0.2) is 4.98 Å². The van der Waals surface area contributed by atoms with Crippen LogP contribution in [0.4, 0.5) is 5.95 Å². The average Bonchev–Trinajstić information content (AvgIpc) is 2.97. The Labute approximate surface area is 104 Å². The van der Waals surface area contributed by atoms with Crippen molar-refractivity contribution in [2.45, 2.75) is 64.5 Å². The zero-order valence-electron chi connectivity index (χ0n) is 10.9. The number of aromatic nitrogens is 2. The van der Waals surface area contributed by atoms with E-state index in [1.807, 2.05) is 6.20 Å². The van der Waals surface area contributed by atoms with Gasteiger partial charge in [-0.05, 0) is 43.9 Å². The molecule has 0 aliphatic heterocycles. The summed E-state index contributed by atoms with van der Waals surface area (Å²) < 4.78 is 2.37. The van der Waals surface area contributed by atoms with E-state index in [1.165, 1.54) is 38.5 Å². The van der Waals surface area contributed by atoms with Crippen molar-refractivity contribution in [2.24, 2.45) is 5.41 Å². The van der Waals surface area contributed by atoms with E-state index in [2.05, 4.69) is 34.9 Å². The summed E-state index contributed by atoms with van der Waals surface area (Å²) in [5.74, 6) is 1.09. The van der Waals surface area contributed by atoms with Gasteiger partial charge in [0, 0.05) is 24.5 Å². The van der Waals surface area contributed by atoms with Crippen molar-refractivity contribution < 1.29 is 0 Å². The Morgan fingerprint density at radius 2 is 1.94 bits per heavy atom. The van der Waals surface area contributed by atoms with Crippen LogP contribution in [-0.4, -0.2) is 15.6 Å². The van der Waals surface area contributed by atoms with E-state index in [0.29, 0.717) is 17.5 Å². The first-order valence-corrected chi connectivity index (χ1v) is 6.93. The van der Waals surface area contributed by atoms with Crippen LogP contribution >= 0.6 is 0 Å². The van der Waals surface area contributed by atoms with E-state index in [4.69, 9.17) is 0 Å². The number of rotatable bonds is 3. The fourth-order valence-corrected chi connectivity index (χ4v) is 2.79. The van der Waals surface area contributed by atoms with Crippen LogP contribution in [-0.2, 0) is 0 Å². The van der Waals surface area contributed by atoms with E-state index in [9.17, 15) is 0 Å².